The van der Waals surface area contributed by atoms with Crippen molar-refractivity contribution < 1.29 is 13.9 Å². The maximum absolute atomic E-state index is 11.6. The summed E-state index contributed by atoms with van der Waals surface area (Å²) in [4.78, 5) is 11.6. The number of hydrogen-bond acceptors (Lipinski definition) is 3. The minimum Gasteiger partial charge on any atom is -0.486 e. The maximum atomic E-state index is 11.6. The molecule has 0 aliphatic carbocycles. The molecule has 0 fully saturated rings. The van der Waals surface area contributed by atoms with Gasteiger partial charge in [-0.15, -0.1) is 0 Å². The fourth-order valence-electron chi connectivity index (χ4n) is 1.93. The lowest BCUT2D eigenvalue weighted by Gasteiger charge is -2.07. The van der Waals surface area contributed by atoms with E-state index in [1.54, 1.807) is 12.1 Å². The first-order valence-electron chi connectivity index (χ1n) is 7.19. The van der Waals surface area contributed by atoms with Gasteiger partial charge in [-0.1, -0.05) is 26.0 Å². The Kier molecular flexibility index (Phi) is 5.04. The molecule has 0 aliphatic heterocycles. The van der Waals surface area contributed by atoms with Crippen molar-refractivity contribution in [2.45, 2.75) is 33.3 Å². The number of carbonyl (C=O) groups is 1. The van der Waals surface area contributed by atoms with Gasteiger partial charge in [0.1, 0.15) is 18.1 Å². The summed E-state index contributed by atoms with van der Waals surface area (Å²) < 4.78 is 11.1. The van der Waals surface area contributed by atoms with E-state index in [-0.39, 0.29) is 5.91 Å². The minimum absolute atomic E-state index is 0.204. The fourth-order valence-corrected chi connectivity index (χ4v) is 1.93. The van der Waals surface area contributed by atoms with Crippen LogP contribution in [-0.4, -0.2) is 12.5 Å². The number of hydrogen-bond donors (Lipinski definition) is 1. The van der Waals surface area contributed by atoms with E-state index < -0.39 is 0 Å². The molecular formula is C17H21NO3. The van der Waals surface area contributed by atoms with Crippen molar-refractivity contribution in [1.82, 2.24) is 5.32 Å². The molecule has 0 saturated carbocycles. The third-order valence-electron chi connectivity index (χ3n) is 3.15. The molecule has 1 N–H and O–H groups in total. The molecule has 2 aromatic rings. The average Bonchev–Trinajstić information content (AvgIpc) is 2.95. The molecule has 4 nitrogen and oxygen atoms in total. The van der Waals surface area contributed by atoms with Gasteiger partial charge in [-0.05, 0) is 42.7 Å². The van der Waals surface area contributed by atoms with E-state index >= 15 is 0 Å². The molecule has 0 bridgehead atoms. The van der Waals surface area contributed by atoms with Crippen LogP contribution in [0.3, 0.4) is 0 Å². The first-order valence-corrected chi connectivity index (χ1v) is 7.19. The molecule has 0 radical (unpaired) electrons. The summed E-state index contributed by atoms with van der Waals surface area (Å²) in [6, 6.07) is 11.4. The Labute approximate surface area is 125 Å². The van der Waals surface area contributed by atoms with Gasteiger partial charge in [0.25, 0.3) is 5.91 Å². The lowest BCUT2D eigenvalue weighted by atomic mass is 10.0. The maximum Gasteiger partial charge on any atom is 0.286 e. The number of ether oxygens (including phenoxy) is 1. The second-order valence-electron chi connectivity index (χ2n) is 5.14. The zero-order valence-corrected chi connectivity index (χ0v) is 12.7. The van der Waals surface area contributed by atoms with Crippen molar-refractivity contribution in [3.05, 3.63) is 53.5 Å². The molecule has 0 saturated heterocycles. The Balaban J connectivity index is 1.92. The molecule has 1 aromatic carbocycles. The highest BCUT2D eigenvalue weighted by atomic mass is 16.5. The van der Waals surface area contributed by atoms with E-state index in [0.29, 0.717) is 30.6 Å². The summed E-state index contributed by atoms with van der Waals surface area (Å²) >= 11 is 0. The Morgan fingerprint density at radius 3 is 2.52 bits per heavy atom. The molecule has 0 aliphatic rings. The number of nitrogens with one attached hydrogen (secondary N) is 1. The van der Waals surface area contributed by atoms with E-state index in [9.17, 15) is 4.79 Å². The van der Waals surface area contributed by atoms with E-state index in [0.717, 1.165) is 5.75 Å². The topological polar surface area (TPSA) is 51.5 Å². The summed E-state index contributed by atoms with van der Waals surface area (Å²) in [6.45, 7) is 7.06. The van der Waals surface area contributed by atoms with Crippen LogP contribution in [0.15, 0.2) is 40.8 Å². The van der Waals surface area contributed by atoms with Gasteiger partial charge in [0.2, 0.25) is 0 Å². The second kappa shape index (κ2) is 6.97. The molecule has 1 amide bonds. The Morgan fingerprint density at radius 1 is 1.19 bits per heavy atom. The summed E-state index contributed by atoms with van der Waals surface area (Å²) in [5.41, 5.74) is 1.28. The smallest absolute Gasteiger partial charge is 0.286 e. The summed E-state index contributed by atoms with van der Waals surface area (Å²) in [7, 11) is 0. The summed E-state index contributed by atoms with van der Waals surface area (Å²) in [5, 5.41) is 2.69. The van der Waals surface area contributed by atoms with Crippen LogP contribution in [0, 0.1) is 0 Å². The monoisotopic (exact) mass is 287 g/mol. The zero-order chi connectivity index (χ0) is 15.2. The molecule has 4 heteroatoms. The van der Waals surface area contributed by atoms with Gasteiger partial charge in [-0.2, -0.15) is 0 Å². The van der Waals surface area contributed by atoms with Crippen molar-refractivity contribution in [2.24, 2.45) is 0 Å². The summed E-state index contributed by atoms with van der Waals surface area (Å²) in [5.74, 6) is 2.03. The molecule has 112 valence electrons. The lowest BCUT2D eigenvalue weighted by Crippen LogP contribution is -2.21. The van der Waals surface area contributed by atoms with Crippen molar-refractivity contribution in [1.29, 1.82) is 0 Å². The highest BCUT2D eigenvalue weighted by Gasteiger charge is 2.10. The van der Waals surface area contributed by atoms with E-state index in [2.05, 4.69) is 31.3 Å². The lowest BCUT2D eigenvalue weighted by molar-refractivity contribution is 0.0924. The van der Waals surface area contributed by atoms with E-state index in [1.807, 2.05) is 19.1 Å². The van der Waals surface area contributed by atoms with Gasteiger partial charge in [-0.25, -0.2) is 0 Å². The van der Waals surface area contributed by atoms with Crippen molar-refractivity contribution in [3.63, 3.8) is 0 Å². The SMILES string of the molecule is CCNC(=O)c1ccc(COc2ccc(C(C)C)cc2)o1. The fraction of sp³-hybridized carbons (Fsp3) is 0.353. The molecule has 2 rings (SSSR count). The standard InChI is InChI=1S/C17H21NO3/c1-4-18-17(19)16-10-9-15(21-16)11-20-14-7-5-13(6-8-14)12(2)3/h5-10,12H,4,11H2,1-3H3,(H,18,19). The van der Waals surface area contributed by atoms with Crippen molar-refractivity contribution in [3.8, 4) is 5.75 Å². The first-order chi connectivity index (χ1) is 10.1. The number of furan rings is 1. The molecule has 21 heavy (non-hydrogen) atoms. The first kappa shape index (κ1) is 15.2. The highest BCUT2D eigenvalue weighted by molar-refractivity contribution is 5.91. The van der Waals surface area contributed by atoms with Gasteiger partial charge in [0, 0.05) is 6.54 Å². The predicted octanol–water partition coefficient (Wildman–Crippen LogP) is 3.73. The van der Waals surface area contributed by atoms with Gasteiger partial charge < -0.3 is 14.5 Å². The van der Waals surface area contributed by atoms with Crippen molar-refractivity contribution in [2.75, 3.05) is 6.54 Å². The van der Waals surface area contributed by atoms with E-state index in [4.69, 9.17) is 9.15 Å². The highest BCUT2D eigenvalue weighted by Crippen LogP contribution is 2.19. The molecule has 0 atom stereocenters. The Morgan fingerprint density at radius 2 is 1.90 bits per heavy atom. The van der Waals surface area contributed by atoms with Crippen molar-refractivity contribution >= 4 is 5.91 Å². The quantitative estimate of drug-likeness (QED) is 0.880. The van der Waals surface area contributed by atoms with Gasteiger partial charge in [0.05, 0.1) is 0 Å². The zero-order valence-electron chi connectivity index (χ0n) is 12.7. The van der Waals surface area contributed by atoms with Gasteiger partial charge in [-0.3, -0.25) is 4.79 Å². The van der Waals surface area contributed by atoms with Crippen LogP contribution in [-0.2, 0) is 6.61 Å². The van der Waals surface area contributed by atoms with Gasteiger partial charge in [0.15, 0.2) is 5.76 Å². The average molecular weight is 287 g/mol. The van der Waals surface area contributed by atoms with Crippen LogP contribution in [0.1, 0.15) is 48.6 Å². The van der Waals surface area contributed by atoms with Gasteiger partial charge >= 0.3 is 0 Å². The molecule has 0 unspecified atom stereocenters. The Bertz CT molecular complexity index is 584. The predicted molar refractivity (Wildman–Crippen MR) is 81.6 cm³/mol. The second-order valence-corrected chi connectivity index (χ2v) is 5.14. The number of rotatable bonds is 6. The minimum atomic E-state index is -0.204. The number of benzene rings is 1. The molecule has 0 spiro atoms. The van der Waals surface area contributed by atoms with Crippen LogP contribution in [0.5, 0.6) is 5.75 Å². The van der Waals surface area contributed by atoms with Crippen LogP contribution < -0.4 is 10.1 Å². The molecule has 1 aromatic heterocycles. The van der Waals surface area contributed by atoms with Crippen LogP contribution in [0.2, 0.25) is 0 Å². The molecule has 1 heterocycles. The van der Waals surface area contributed by atoms with Crippen LogP contribution in [0.4, 0.5) is 0 Å². The molecular weight excluding hydrogens is 266 g/mol. The normalized spacial score (nSPS) is 10.7. The third-order valence-corrected chi connectivity index (χ3v) is 3.15. The third kappa shape index (κ3) is 4.12. The van der Waals surface area contributed by atoms with Crippen LogP contribution in [0.25, 0.3) is 0 Å². The van der Waals surface area contributed by atoms with Crippen LogP contribution >= 0.6 is 0 Å². The van der Waals surface area contributed by atoms with E-state index in [1.165, 1.54) is 5.56 Å². The Hall–Kier alpha value is -2.23. The number of carbonyl (C=O) groups excluding carboxylic acids is 1. The summed E-state index contributed by atoms with van der Waals surface area (Å²) in [6.07, 6.45) is 0. The largest absolute Gasteiger partial charge is 0.486 e. The number of amides is 1.